The fourth-order valence-electron chi connectivity index (χ4n) is 1.62. The Hall–Kier alpha value is -1.64. The highest BCUT2D eigenvalue weighted by molar-refractivity contribution is 6.08. The SMILES string of the molecule is COc1ccc(C(C)C)cc1C(=O)CC(C)=O. The highest BCUT2D eigenvalue weighted by atomic mass is 16.5. The Bertz CT molecular complexity index is 433. The van der Waals surface area contributed by atoms with E-state index in [0.29, 0.717) is 17.2 Å². The van der Waals surface area contributed by atoms with Gasteiger partial charge in [-0.2, -0.15) is 0 Å². The second-order valence-electron chi connectivity index (χ2n) is 4.42. The summed E-state index contributed by atoms with van der Waals surface area (Å²) in [4.78, 5) is 22.9. The van der Waals surface area contributed by atoms with E-state index < -0.39 is 0 Å². The number of hydrogen-bond donors (Lipinski definition) is 0. The molecule has 0 saturated heterocycles. The molecule has 3 heteroatoms. The van der Waals surface area contributed by atoms with Crippen LogP contribution in [-0.2, 0) is 4.79 Å². The van der Waals surface area contributed by atoms with Gasteiger partial charge in [-0.1, -0.05) is 19.9 Å². The van der Waals surface area contributed by atoms with Crippen molar-refractivity contribution in [1.82, 2.24) is 0 Å². The minimum absolute atomic E-state index is 0.0715. The summed E-state index contributed by atoms with van der Waals surface area (Å²) in [5.74, 6) is 0.550. The van der Waals surface area contributed by atoms with E-state index in [1.807, 2.05) is 12.1 Å². The van der Waals surface area contributed by atoms with E-state index in [1.54, 1.807) is 6.07 Å². The first-order valence-corrected chi connectivity index (χ1v) is 5.66. The average Bonchev–Trinajstić information content (AvgIpc) is 2.27. The lowest BCUT2D eigenvalue weighted by molar-refractivity contribution is -0.116. The number of rotatable bonds is 5. The fraction of sp³-hybridized carbons (Fsp3) is 0.429. The zero-order valence-corrected chi connectivity index (χ0v) is 10.7. The molecule has 0 aliphatic heterocycles. The van der Waals surface area contributed by atoms with E-state index >= 15 is 0 Å². The summed E-state index contributed by atoms with van der Waals surface area (Å²) in [6.07, 6.45) is -0.0715. The largest absolute Gasteiger partial charge is 0.496 e. The van der Waals surface area contributed by atoms with Crippen molar-refractivity contribution in [2.24, 2.45) is 0 Å². The molecule has 0 heterocycles. The van der Waals surface area contributed by atoms with Gasteiger partial charge < -0.3 is 4.74 Å². The Morgan fingerprint density at radius 1 is 1.29 bits per heavy atom. The van der Waals surface area contributed by atoms with Crippen molar-refractivity contribution in [1.29, 1.82) is 0 Å². The van der Waals surface area contributed by atoms with Crippen molar-refractivity contribution in [3.05, 3.63) is 29.3 Å². The number of benzene rings is 1. The Kier molecular flexibility index (Phi) is 4.44. The van der Waals surface area contributed by atoms with Crippen LogP contribution in [0.4, 0.5) is 0 Å². The summed E-state index contributed by atoms with van der Waals surface area (Å²) in [5.41, 5.74) is 1.56. The van der Waals surface area contributed by atoms with Crippen LogP contribution < -0.4 is 4.74 Å². The van der Waals surface area contributed by atoms with Gasteiger partial charge in [0.2, 0.25) is 0 Å². The summed E-state index contributed by atoms with van der Waals surface area (Å²) < 4.78 is 5.15. The highest BCUT2D eigenvalue weighted by Gasteiger charge is 2.15. The van der Waals surface area contributed by atoms with Crippen LogP contribution in [0.15, 0.2) is 18.2 Å². The molecule has 0 spiro atoms. The Morgan fingerprint density at radius 3 is 2.41 bits per heavy atom. The van der Waals surface area contributed by atoms with Gasteiger partial charge in [-0.3, -0.25) is 9.59 Å². The molecule has 1 aromatic carbocycles. The first-order chi connectivity index (χ1) is 7.95. The molecule has 0 aliphatic carbocycles. The minimum atomic E-state index is -0.183. The average molecular weight is 234 g/mol. The second-order valence-corrected chi connectivity index (χ2v) is 4.42. The van der Waals surface area contributed by atoms with Gasteiger partial charge in [0.25, 0.3) is 0 Å². The Balaban J connectivity index is 3.13. The molecule has 1 rings (SSSR count). The first-order valence-electron chi connectivity index (χ1n) is 5.66. The van der Waals surface area contributed by atoms with E-state index in [1.165, 1.54) is 14.0 Å². The topological polar surface area (TPSA) is 43.4 Å². The molecule has 0 aliphatic rings. The molecule has 0 bridgehead atoms. The van der Waals surface area contributed by atoms with E-state index in [4.69, 9.17) is 4.74 Å². The molecule has 0 atom stereocenters. The second kappa shape index (κ2) is 5.62. The standard InChI is InChI=1S/C14H18O3/c1-9(2)11-5-6-14(17-4)12(8-11)13(16)7-10(3)15/h5-6,8-9H,7H2,1-4H3. The maximum atomic E-state index is 11.9. The minimum Gasteiger partial charge on any atom is -0.496 e. The van der Waals surface area contributed by atoms with Crippen LogP contribution in [0.5, 0.6) is 5.75 Å². The molecule has 1 aromatic rings. The highest BCUT2D eigenvalue weighted by Crippen LogP contribution is 2.25. The molecule has 0 unspecified atom stereocenters. The maximum Gasteiger partial charge on any atom is 0.173 e. The lowest BCUT2D eigenvalue weighted by atomic mass is 9.97. The molecular weight excluding hydrogens is 216 g/mol. The Morgan fingerprint density at radius 2 is 1.94 bits per heavy atom. The molecule has 17 heavy (non-hydrogen) atoms. The third kappa shape index (κ3) is 3.41. The zero-order valence-electron chi connectivity index (χ0n) is 10.7. The number of methoxy groups -OCH3 is 1. The molecule has 0 saturated carbocycles. The third-order valence-corrected chi connectivity index (χ3v) is 2.60. The van der Waals surface area contributed by atoms with Crippen molar-refractivity contribution in [3.8, 4) is 5.75 Å². The maximum absolute atomic E-state index is 11.9. The van der Waals surface area contributed by atoms with Gasteiger partial charge in [0.15, 0.2) is 5.78 Å². The quantitative estimate of drug-likeness (QED) is 0.581. The number of ketones is 2. The monoisotopic (exact) mass is 234 g/mol. The van der Waals surface area contributed by atoms with E-state index in [0.717, 1.165) is 5.56 Å². The Labute approximate surface area is 102 Å². The number of hydrogen-bond acceptors (Lipinski definition) is 3. The molecule has 0 radical (unpaired) electrons. The van der Waals surface area contributed by atoms with Crippen molar-refractivity contribution < 1.29 is 14.3 Å². The number of ether oxygens (including phenoxy) is 1. The fourth-order valence-corrected chi connectivity index (χ4v) is 1.62. The predicted molar refractivity (Wildman–Crippen MR) is 66.7 cm³/mol. The van der Waals surface area contributed by atoms with Crippen LogP contribution in [0, 0.1) is 0 Å². The zero-order chi connectivity index (χ0) is 13.0. The van der Waals surface area contributed by atoms with Crippen LogP contribution in [0.3, 0.4) is 0 Å². The van der Waals surface area contributed by atoms with Gasteiger partial charge >= 0.3 is 0 Å². The first kappa shape index (κ1) is 13.4. The number of Topliss-reactive ketones (excluding diaryl/α,β-unsaturated/α-hetero) is 2. The number of carbonyl (C=O) groups excluding carboxylic acids is 2. The lowest BCUT2D eigenvalue weighted by Crippen LogP contribution is -2.07. The molecule has 92 valence electrons. The van der Waals surface area contributed by atoms with Crippen LogP contribution >= 0.6 is 0 Å². The van der Waals surface area contributed by atoms with Crippen LogP contribution in [0.25, 0.3) is 0 Å². The third-order valence-electron chi connectivity index (χ3n) is 2.60. The summed E-state index contributed by atoms with van der Waals surface area (Å²) in [6.45, 7) is 5.53. The summed E-state index contributed by atoms with van der Waals surface area (Å²) >= 11 is 0. The molecule has 0 amide bonds. The van der Waals surface area contributed by atoms with Gasteiger partial charge in [-0.05, 0) is 30.5 Å². The van der Waals surface area contributed by atoms with Crippen molar-refractivity contribution >= 4 is 11.6 Å². The summed E-state index contributed by atoms with van der Waals surface area (Å²) in [6, 6.07) is 5.53. The normalized spacial score (nSPS) is 10.4. The molecule has 0 N–H and O–H groups in total. The summed E-state index contributed by atoms with van der Waals surface area (Å²) in [5, 5.41) is 0. The lowest BCUT2D eigenvalue weighted by Gasteiger charge is -2.11. The number of carbonyl (C=O) groups is 2. The van der Waals surface area contributed by atoms with Gasteiger partial charge in [-0.15, -0.1) is 0 Å². The molecule has 0 fully saturated rings. The molecular formula is C14H18O3. The van der Waals surface area contributed by atoms with Crippen LogP contribution in [0.1, 0.15) is 49.0 Å². The van der Waals surface area contributed by atoms with Crippen molar-refractivity contribution in [3.63, 3.8) is 0 Å². The van der Waals surface area contributed by atoms with E-state index in [9.17, 15) is 9.59 Å². The smallest absolute Gasteiger partial charge is 0.173 e. The van der Waals surface area contributed by atoms with Gasteiger partial charge in [0.05, 0.1) is 19.1 Å². The van der Waals surface area contributed by atoms with Crippen molar-refractivity contribution in [2.45, 2.75) is 33.1 Å². The van der Waals surface area contributed by atoms with Crippen LogP contribution in [0.2, 0.25) is 0 Å². The van der Waals surface area contributed by atoms with E-state index in [2.05, 4.69) is 13.8 Å². The molecule has 0 aromatic heterocycles. The molecule has 3 nitrogen and oxygen atoms in total. The van der Waals surface area contributed by atoms with Gasteiger partial charge in [-0.25, -0.2) is 0 Å². The van der Waals surface area contributed by atoms with Crippen LogP contribution in [-0.4, -0.2) is 18.7 Å². The van der Waals surface area contributed by atoms with E-state index in [-0.39, 0.29) is 18.0 Å². The van der Waals surface area contributed by atoms with Crippen molar-refractivity contribution in [2.75, 3.05) is 7.11 Å². The predicted octanol–water partition coefficient (Wildman–Crippen LogP) is 2.98. The summed E-state index contributed by atoms with van der Waals surface area (Å²) in [7, 11) is 1.52. The van der Waals surface area contributed by atoms with Gasteiger partial charge in [0, 0.05) is 0 Å². The van der Waals surface area contributed by atoms with Gasteiger partial charge in [0.1, 0.15) is 11.5 Å².